The summed E-state index contributed by atoms with van der Waals surface area (Å²) in [6.45, 7) is 0. The number of carbonyl (C=O) groups excluding carboxylic acids is 1. The Balaban J connectivity index is 2.03. The van der Waals surface area contributed by atoms with Crippen LogP contribution in [0.4, 0.5) is 0 Å². The predicted molar refractivity (Wildman–Crippen MR) is 74.3 cm³/mol. The quantitative estimate of drug-likeness (QED) is 0.926. The van der Waals surface area contributed by atoms with Crippen molar-refractivity contribution in [3.8, 4) is 0 Å². The summed E-state index contributed by atoms with van der Waals surface area (Å²) in [5.41, 5.74) is 0. The van der Waals surface area contributed by atoms with Crippen molar-refractivity contribution in [1.29, 1.82) is 0 Å². The smallest absolute Gasteiger partial charge is 0.318 e. The molecule has 0 saturated carbocycles. The van der Waals surface area contributed by atoms with E-state index in [0.717, 1.165) is 5.39 Å². The number of aliphatic hydroxyl groups is 1. The number of fused-ring (bicyclic) bond motifs is 1. The highest BCUT2D eigenvalue weighted by Gasteiger charge is 2.35. The molecule has 1 saturated heterocycles. The molecule has 2 aromatic rings. The van der Waals surface area contributed by atoms with Crippen LogP contribution in [0.25, 0.3) is 10.8 Å². The van der Waals surface area contributed by atoms with Crippen LogP contribution in [0.3, 0.4) is 0 Å². The van der Waals surface area contributed by atoms with E-state index in [-0.39, 0.29) is 17.7 Å². The van der Waals surface area contributed by atoms with E-state index < -0.39 is 22.3 Å². The molecule has 1 aliphatic rings. The van der Waals surface area contributed by atoms with Crippen molar-refractivity contribution in [3.63, 3.8) is 0 Å². The van der Waals surface area contributed by atoms with Gasteiger partial charge in [-0.15, -0.1) is 4.28 Å². The van der Waals surface area contributed by atoms with Crippen LogP contribution in [-0.4, -0.2) is 30.7 Å². The van der Waals surface area contributed by atoms with E-state index in [1.165, 1.54) is 6.07 Å². The van der Waals surface area contributed by atoms with Gasteiger partial charge in [-0.1, -0.05) is 36.4 Å². The minimum absolute atomic E-state index is 0.0347. The van der Waals surface area contributed by atoms with Crippen molar-refractivity contribution in [2.24, 2.45) is 0 Å². The Labute approximate surface area is 121 Å². The highest BCUT2D eigenvalue weighted by atomic mass is 32.2. The first-order valence-corrected chi connectivity index (χ1v) is 7.82. The van der Waals surface area contributed by atoms with Crippen LogP contribution in [0.1, 0.15) is 12.8 Å². The second kappa shape index (κ2) is 5.10. The molecule has 6 nitrogen and oxygen atoms in total. The van der Waals surface area contributed by atoms with Gasteiger partial charge in [0.05, 0.1) is 0 Å². The number of amides is 1. The number of hydroxylamine groups is 2. The molecule has 0 bridgehead atoms. The van der Waals surface area contributed by atoms with Crippen molar-refractivity contribution in [2.75, 3.05) is 0 Å². The van der Waals surface area contributed by atoms with Crippen LogP contribution in [-0.2, 0) is 19.2 Å². The van der Waals surface area contributed by atoms with Gasteiger partial charge in [0.25, 0.3) is 0 Å². The van der Waals surface area contributed by atoms with Gasteiger partial charge in [-0.3, -0.25) is 4.79 Å². The van der Waals surface area contributed by atoms with Gasteiger partial charge in [-0.2, -0.15) is 13.5 Å². The monoisotopic (exact) mass is 307 g/mol. The molecule has 110 valence electrons. The van der Waals surface area contributed by atoms with Gasteiger partial charge in [-0.25, -0.2) is 0 Å². The van der Waals surface area contributed by atoms with Crippen molar-refractivity contribution in [1.82, 2.24) is 5.06 Å². The average Bonchev–Trinajstić information content (AvgIpc) is 2.78. The maximum atomic E-state index is 12.4. The fourth-order valence-electron chi connectivity index (χ4n) is 2.30. The lowest BCUT2D eigenvalue weighted by molar-refractivity contribution is -0.175. The first-order chi connectivity index (χ1) is 9.99. The summed E-state index contributed by atoms with van der Waals surface area (Å²) in [6.07, 6.45) is -1.02. The van der Waals surface area contributed by atoms with Gasteiger partial charge in [0, 0.05) is 18.2 Å². The zero-order valence-corrected chi connectivity index (χ0v) is 11.8. The largest absolute Gasteiger partial charge is 0.371 e. The zero-order chi connectivity index (χ0) is 15.0. The number of hydrogen-bond acceptors (Lipinski definition) is 5. The van der Waals surface area contributed by atoms with E-state index in [1.807, 2.05) is 0 Å². The minimum Gasteiger partial charge on any atom is -0.371 e. The topological polar surface area (TPSA) is 83.9 Å². The molecule has 1 amide bonds. The maximum Gasteiger partial charge on any atom is 0.318 e. The molecule has 3 rings (SSSR count). The highest BCUT2D eigenvalue weighted by Crippen LogP contribution is 2.27. The molecule has 1 unspecified atom stereocenters. The van der Waals surface area contributed by atoms with Gasteiger partial charge >= 0.3 is 10.1 Å². The van der Waals surface area contributed by atoms with E-state index in [0.29, 0.717) is 10.4 Å². The molecule has 1 aliphatic heterocycles. The second-order valence-corrected chi connectivity index (χ2v) is 6.24. The van der Waals surface area contributed by atoms with Crippen LogP contribution in [0, 0.1) is 0 Å². The number of hydrogen-bond donors (Lipinski definition) is 1. The maximum absolute atomic E-state index is 12.4. The van der Waals surface area contributed by atoms with Crippen LogP contribution in [0.15, 0.2) is 47.4 Å². The third kappa shape index (κ3) is 2.51. The standard InChI is InChI=1S/C14H13NO5S/c16-13-8-9-14(17)15(13)20-21(18,19)12-7-3-5-10-4-1-2-6-11(10)12/h1-7,13,16H,8-9H2. The Morgan fingerprint density at radius 1 is 1.14 bits per heavy atom. The lowest BCUT2D eigenvalue weighted by Gasteiger charge is -2.19. The number of carbonyl (C=O) groups is 1. The number of rotatable bonds is 3. The Bertz CT molecular complexity index is 797. The Morgan fingerprint density at radius 3 is 2.57 bits per heavy atom. The molecule has 1 atom stereocenters. The molecule has 0 aliphatic carbocycles. The van der Waals surface area contributed by atoms with E-state index in [9.17, 15) is 18.3 Å². The average molecular weight is 307 g/mol. The summed E-state index contributed by atoms with van der Waals surface area (Å²) < 4.78 is 29.6. The SMILES string of the molecule is O=C1CCC(O)N1OS(=O)(=O)c1cccc2ccccc12. The predicted octanol–water partition coefficient (Wildman–Crippen LogP) is 1.40. The lowest BCUT2D eigenvalue weighted by atomic mass is 10.1. The molecular weight excluding hydrogens is 294 g/mol. The summed E-state index contributed by atoms with van der Waals surface area (Å²) in [4.78, 5) is 11.5. The van der Waals surface area contributed by atoms with Gasteiger partial charge < -0.3 is 5.11 Å². The minimum atomic E-state index is -4.19. The van der Waals surface area contributed by atoms with Crippen LogP contribution >= 0.6 is 0 Å². The van der Waals surface area contributed by atoms with Gasteiger partial charge in [-0.05, 0) is 11.5 Å². The number of nitrogens with zero attached hydrogens (tertiary/aromatic N) is 1. The molecular formula is C14H13NO5S. The van der Waals surface area contributed by atoms with Crippen molar-refractivity contribution in [2.45, 2.75) is 24.0 Å². The fraction of sp³-hybridized carbons (Fsp3) is 0.214. The fourth-order valence-corrected chi connectivity index (χ4v) is 3.47. The molecule has 21 heavy (non-hydrogen) atoms. The Kier molecular flexibility index (Phi) is 3.40. The van der Waals surface area contributed by atoms with E-state index in [4.69, 9.17) is 4.28 Å². The molecule has 0 spiro atoms. The summed E-state index contributed by atoms with van der Waals surface area (Å²) in [5, 5.41) is 11.4. The van der Waals surface area contributed by atoms with E-state index in [1.54, 1.807) is 36.4 Å². The van der Waals surface area contributed by atoms with Gasteiger partial charge in [0.2, 0.25) is 5.91 Å². The highest BCUT2D eigenvalue weighted by molar-refractivity contribution is 7.87. The normalized spacial score (nSPS) is 19.4. The summed E-state index contributed by atoms with van der Waals surface area (Å²) in [6, 6.07) is 11.7. The molecule has 1 fully saturated rings. The van der Waals surface area contributed by atoms with Crippen LogP contribution in [0.2, 0.25) is 0 Å². The van der Waals surface area contributed by atoms with E-state index >= 15 is 0 Å². The summed E-state index contributed by atoms with van der Waals surface area (Å²) >= 11 is 0. The number of benzene rings is 2. The first kappa shape index (κ1) is 14.0. The van der Waals surface area contributed by atoms with Crippen LogP contribution < -0.4 is 0 Å². The molecule has 1 N–H and O–H groups in total. The summed E-state index contributed by atoms with van der Waals surface area (Å²) in [5.74, 6) is -0.550. The molecule has 2 aromatic carbocycles. The number of aliphatic hydroxyl groups excluding tert-OH is 1. The molecule has 7 heteroatoms. The van der Waals surface area contributed by atoms with Gasteiger partial charge in [0.15, 0.2) is 6.23 Å². The zero-order valence-electron chi connectivity index (χ0n) is 11.0. The molecule has 0 aromatic heterocycles. The third-order valence-corrected chi connectivity index (χ3v) is 4.58. The molecule has 1 heterocycles. The Hall–Kier alpha value is -1.96. The first-order valence-electron chi connectivity index (χ1n) is 6.41. The second-order valence-electron chi connectivity index (χ2n) is 4.74. The van der Waals surface area contributed by atoms with Gasteiger partial charge in [0.1, 0.15) is 4.90 Å². The third-order valence-electron chi connectivity index (χ3n) is 3.33. The lowest BCUT2D eigenvalue weighted by Crippen LogP contribution is -2.35. The van der Waals surface area contributed by atoms with Crippen molar-refractivity contribution >= 4 is 26.8 Å². The Morgan fingerprint density at radius 2 is 1.86 bits per heavy atom. The summed E-state index contributed by atoms with van der Waals surface area (Å²) in [7, 11) is -4.19. The molecule has 0 radical (unpaired) electrons. The van der Waals surface area contributed by atoms with E-state index in [2.05, 4.69) is 0 Å². The van der Waals surface area contributed by atoms with Crippen LogP contribution in [0.5, 0.6) is 0 Å². The van der Waals surface area contributed by atoms with Crippen molar-refractivity contribution < 1.29 is 22.6 Å². The van der Waals surface area contributed by atoms with Crippen molar-refractivity contribution in [3.05, 3.63) is 42.5 Å².